The van der Waals surface area contributed by atoms with Crippen LogP contribution in [0.5, 0.6) is 0 Å². The van der Waals surface area contributed by atoms with Gasteiger partial charge in [0.05, 0.1) is 0 Å². The Bertz CT molecular complexity index is 403. The maximum Gasteiger partial charge on any atom is 0.263 e. The molecule has 0 bridgehead atoms. The minimum atomic E-state index is -1.88. The van der Waals surface area contributed by atoms with Crippen molar-refractivity contribution in [2.24, 2.45) is 0 Å². The number of nitrogens with one attached hydrogen (secondary N) is 2. The molecule has 0 saturated carbocycles. The van der Waals surface area contributed by atoms with E-state index in [1.54, 1.807) is 0 Å². The number of anilines is 1. The zero-order valence-corrected chi connectivity index (χ0v) is 8.59. The van der Waals surface area contributed by atoms with Gasteiger partial charge in [-0.15, -0.1) is 0 Å². The quantitative estimate of drug-likeness (QED) is 0.801. The fraction of sp³-hybridized carbons (Fsp3) is 0.364. The third kappa shape index (κ3) is 2.19. The van der Waals surface area contributed by atoms with E-state index in [2.05, 4.69) is 10.6 Å². The van der Waals surface area contributed by atoms with Gasteiger partial charge in [0.15, 0.2) is 0 Å². The van der Waals surface area contributed by atoms with Crippen molar-refractivity contribution < 1.29 is 13.6 Å². The predicted octanol–water partition coefficient (Wildman–Crippen LogP) is 1.47. The van der Waals surface area contributed by atoms with E-state index in [4.69, 9.17) is 0 Å². The van der Waals surface area contributed by atoms with Crippen molar-refractivity contribution in [2.75, 3.05) is 18.4 Å². The molecule has 1 aliphatic rings. The van der Waals surface area contributed by atoms with Crippen LogP contribution in [0.1, 0.15) is 6.42 Å². The number of rotatable bonds is 2. The van der Waals surface area contributed by atoms with E-state index in [1.807, 2.05) is 0 Å². The second kappa shape index (κ2) is 4.17. The van der Waals surface area contributed by atoms with Gasteiger partial charge in [-0.05, 0) is 24.7 Å². The van der Waals surface area contributed by atoms with Gasteiger partial charge in [-0.1, -0.05) is 6.07 Å². The van der Waals surface area contributed by atoms with Crippen molar-refractivity contribution in [3.05, 3.63) is 30.1 Å². The van der Waals surface area contributed by atoms with Crippen molar-refractivity contribution in [1.29, 1.82) is 0 Å². The molecule has 5 heteroatoms. The van der Waals surface area contributed by atoms with Crippen molar-refractivity contribution >= 4 is 11.6 Å². The van der Waals surface area contributed by atoms with E-state index in [1.165, 1.54) is 18.2 Å². The number of halogens is 2. The fourth-order valence-corrected chi connectivity index (χ4v) is 1.66. The smallest absolute Gasteiger partial charge is 0.263 e. The summed E-state index contributed by atoms with van der Waals surface area (Å²) < 4.78 is 26.8. The molecule has 1 unspecified atom stereocenters. The van der Waals surface area contributed by atoms with Crippen molar-refractivity contribution in [2.45, 2.75) is 12.1 Å². The van der Waals surface area contributed by atoms with Gasteiger partial charge < -0.3 is 10.6 Å². The maximum atomic E-state index is 13.9. The Balaban J connectivity index is 2.07. The van der Waals surface area contributed by atoms with E-state index in [0.29, 0.717) is 6.54 Å². The molecule has 0 aromatic heterocycles. The van der Waals surface area contributed by atoms with Crippen LogP contribution in [0.2, 0.25) is 0 Å². The second-order valence-corrected chi connectivity index (χ2v) is 3.86. The Morgan fingerprint density at radius 2 is 2.31 bits per heavy atom. The highest BCUT2D eigenvalue weighted by molar-refractivity contribution is 5.97. The third-order valence-electron chi connectivity index (χ3n) is 2.59. The molecule has 86 valence electrons. The summed E-state index contributed by atoms with van der Waals surface area (Å²) in [5, 5.41) is 5.15. The zero-order valence-electron chi connectivity index (χ0n) is 8.59. The molecule has 1 aliphatic heterocycles. The maximum absolute atomic E-state index is 13.9. The molecule has 16 heavy (non-hydrogen) atoms. The van der Waals surface area contributed by atoms with Crippen molar-refractivity contribution in [3.63, 3.8) is 0 Å². The summed E-state index contributed by atoms with van der Waals surface area (Å²) in [4.78, 5) is 11.6. The monoisotopic (exact) mass is 226 g/mol. The Kier molecular flexibility index (Phi) is 2.87. The molecule has 0 aliphatic carbocycles. The van der Waals surface area contributed by atoms with E-state index in [9.17, 15) is 13.6 Å². The van der Waals surface area contributed by atoms with Gasteiger partial charge in [0.2, 0.25) is 5.67 Å². The number of carbonyl (C=O) groups excluding carboxylic acids is 1. The van der Waals surface area contributed by atoms with Gasteiger partial charge in [0.1, 0.15) is 5.82 Å². The average molecular weight is 226 g/mol. The molecule has 2 rings (SSSR count). The molecule has 1 saturated heterocycles. The molecule has 0 spiro atoms. The first-order valence-corrected chi connectivity index (χ1v) is 5.07. The lowest BCUT2D eigenvalue weighted by atomic mass is 10.0. The summed E-state index contributed by atoms with van der Waals surface area (Å²) in [6.07, 6.45) is 0.147. The molecular weight excluding hydrogens is 214 g/mol. The van der Waals surface area contributed by atoms with E-state index < -0.39 is 17.4 Å². The summed E-state index contributed by atoms with van der Waals surface area (Å²) >= 11 is 0. The summed E-state index contributed by atoms with van der Waals surface area (Å²) in [5.41, 5.74) is -1.61. The van der Waals surface area contributed by atoms with Crippen LogP contribution in [0.25, 0.3) is 0 Å². The number of benzene rings is 1. The normalized spacial score (nSPS) is 24.4. The van der Waals surface area contributed by atoms with Crippen molar-refractivity contribution in [3.8, 4) is 0 Å². The number of hydrogen-bond acceptors (Lipinski definition) is 2. The molecular formula is C11H12F2N2O. The van der Waals surface area contributed by atoms with Crippen LogP contribution in [0, 0.1) is 5.82 Å². The molecule has 1 aromatic rings. The largest absolute Gasteiger partial charge is 0.323 e. The minimum Gasteiger partial charge on any atom is -0.323 e. The van der Waals surface area contributed by atoms with Gasteiger partial charge >= 0.3 is 0 Å². The van der Waals surface area contributed by atoms with E-state index in [0.717, 1.165) is 6.07 Å². The topological polar surface area (TPSA) is 41.1 Å². The van der Waals surface area contributed by atoms with Crippen LogP contribution in [0.3, 0.4) is 0 Å². The van der Waals surface area contributed by atoms with Crippen LogP contribution in [0.4, 0.5) is 14.5 Å². The van der Waals surface area contributed by atoms with Crippen LogP contribution in [0.15, 0.2) is 24.3 Å². The fourth-order valence-electron chi connectivity index (χ4n) is 1.66. The summed E-state index contributed by atoms with van der Waals surface area (Å²) in [5.74, 6) is -1.18. The lowest BCUT2D eigenvalue weighted by Gasteiger charge is -2.17. The van der Waals surface area contributed by atoms with Crippen LogP contribution in [-0.4, -0.2) is 24.7 Å². The van der Waals surface area contributed by atoms with E-state index in [-0.39, 0.29) is 18.7 Å². The highest BCUT2D eigenvalue weighted by Gasteiger charge is 2.41. The Morgan fingerprint density at radius 1 is 1.50 bits per heavy atom. The third-order valence-corrected chi connectivity index (χ3v) is 2.59. The molecule has 1 fully saturated rings. The molecule has 1 atom stereocenters. The standard InChI is InChI=1S/C11H12F2N2O/c12-8-2-1-3-9(6-8)15-10(16)11(13)4-5-14-7-11/h1-3,6,14H,4-5,7H2,(H,15,16). The molecule has 2 N–H and O–H groups in total. The number of carbonyl (C=O) groups is 1. The number of alkyl halides is 1. The first-order valence-electron chi connectivity index (χ1n) is 5.07. The van der Waals surface area contributed by atoms with Crippen molar-refractivity contribution in [1.82, 2.24) is 5.32 Å². The van der Waals surface area contributed by atoms with Gasteiger partial charge in [-0.3, -0.25) is 4.79 Å². The highest BCUT2D eigenvalue weighted by atomic mass is 19.1. The molecule has 0 radical (unpaired) electrons. The predicted molar refractivity (Wildman–Crippen MR) is 56.4 cm³/mol. The Morgan fingerprint density at radius 3 is 2.94 bits per heavy atom. The number of hydrogen-bond donors (Lipinski definition) is 2. The van der Waals surface area contributed by atoms with E-state index >= 15 is 0 Å². The highest BCUT2D eigenvalue weighted by Crippen LogP contribution is 2.22. The zero-order chi connectivity index (χ0) is 11.6. The number of amides is 1. The molecule has 3 nitrogen and oxygen atoms in total. The van der Waals surface area contributed by atoms with Crippen LogP contribution >= 0.6 is 0 Å². The first kappa shape index (κ1) is 11.0. The lowest BCUT2D eigenvalue weighted by Crippen LogP contribution is -2.40. The SMILES string of the molecule is O=C(Nc1cccc(F)c1)C1(F)CCNC1. The Hall–Kier alpha value is -1.49. The van der Waals surface area contributed by atoms with Gasteiger partial charge in [0.25, 0.3) is 5.91 Å². The Labute approximate surface area is 91.8 Å². The second-order valence-electron chi connectivity index (χ2n) is 3.86. The summed E-state index contributed by atoms with van der Waals surface area (Å²) in [6, 6.07) is 5.40. The lowest BCUT2D eigenvalue weighted by molar-refractivity contribution is -0.126. The van der Waals surface area contributed by atoms with Crippen LogP contribution in [-0.2, 0) is 4.79 Å². The first-order chi connectivity index (χ1) is 7.60. The average Bonchev–Trinajstić information content (AvgIpc) is 2.66. The van der Waals surface area contributed by atoms with Gasteiger partial charge in [0, 0.05) is 18.7 Å². The molecule has 1 amide bonds. The van der Waals surface area contributed by atoms with Crippen LogP contribution < -0.4 is 10.6 Å². The minimum absolute atomic E-state index is 0.00808. The molecule has 1 heterocycles. The summed E-state index contributed by atoms with van der Waals surface area (Å²) in [7, 11) is 0. The molecule has 1 aromatic carbocycles. The summed E-state index contributed by atoms with van der Waals surface area (Å²) in [6.45, 7) is 0.487. The van der Waals surface area contributed by atoms with Gasteiger partial charge in [-0.2, -0.15) is 0 Å². The van der Waals surface area contributed by atoms with Gasteiger partial charge in [-0.25, -0.2) is 8.78 Å².